The Morgan fingerprint density at radius 1 is 0.865 bits per heavy atom. The third-order valence-electron chi connectivity index (χ3n) is 15.4. The van der Waals surface area contributed by atoms with Crippen molar-refractivity contribution in [2.24, 2.45) is 55.7 Å². The first kappa shape index (κ1) is 26.5. The van der Waals surface area contributed by atoms with Crippen LogP contribution >= 0.6 is 0 Å². The maximum atomic E-state index is 12.4. The van der Waals surface area contributed by atoms with E-state index in [2.05, 4.69) is 34.6 Å². The maximum Gasteiger partial charge on any atom is 0.309 e. The van der Waals surface area contributed by atoms with Gasteiger partial charge in [0.15, 0.2) is 5.79 Å². The number of carboxylic acid groups (broad SMARTS) is 1. The number of fused-ring (bicyclic) bond motifs is 7. The zero-order valence-corrected chi connectivity index (χ0v) is 23.9. The number of aliphatic carboxylic acids is 1. The highest BCUT2D eigenvalue weighted by Gasteiger charge is 2.81. The van der Waals surface area contributed by atoms with Crippen molar-refractivity contribution < 1.29 is 30.0 Å². The Labute approximate surface area is 222 Å². The molecule has 0 aromatic heterocycles. The average molecular weight is 519 g/mol. The van der Waals surface area contributed by atoms with Crippen LogP contribution in [0.25, 0.3) is 0 Å². The lowest BCUT2D eigenvalue weighted by Gasteiger charge is -2.77. The van der Waals surface area contributed by atoms with Crippen molar-refractivity contribution in [3.63, 3.8) is 0 Å². The number of carbonyl (C=O) groups is 1. The van der Waals surface area contributed by atoms with Crippen LogP contribution in [0.1, 0.15) is 106 Å². The monoisotopic (exact) mass is 518 g/mol. The van der Waals surface area contributed by atoms with Gasteiger partial charge in [-0.15, -0.1) is 0 Å². The third kappa shape index (κ3) is 2.66. The van der Waals surface area contributed by atoms with Crippen molar-refractivity contribution in [2.75, 3.05) is 13.2 Å². The molecule has 6 fully saturated rings. The second-order valence-corrected chi connectivity index (χ2v) is 16.0. The molecular formula is C31H50O6. The number of rotatable bonds is 2. The molecule has 0 unspecified atom stereocenters. The fourth-order valence-electron chi connectivity index (χ4n) is 12.6. The summed E-state index contributed by atoms with van der Waals surface area (Å²) in [5, 5.41) is 44.7. The molecule has 5 saturated carbocycles. The van der Waals surface area contributed by atoms with Crippen LogP contribution in [0.2, 0.25) is 0 Å². The highest BCUT2D eigenvalue weighted by Crippen LogP contribution is 2.82. The zero-order chi connectivity index (χ0) is 27.1. The van der Waals surface area contributed by atoms with Gasteiger partial charge >= 0.3 is 5.97 Å². The first-order chi connectivity index (χ1) is 17.0. The largest absolute Gasteiger partial charge is 0.481 e. The number of aliphatic hydroxyl groups is 3. The molecule has 0 aromatic carbocycles. The predicted molar refractivity (Wildman–Crippen MR) is 139 cm³/mol. The molecule has 5 aliphatic carbocycles. The topological polar surface area (TPSA) is 107 Å². The van der Waals surface area contributed by atoms with Gasteiger partial charge < -0.3 is 25.2 Å². The zero-order valence-electron chi connectivity index (χ0n) is 23.9. The van der Waals surface area contributed by atoms with E-state index in [1.807, 2.05) is 6.92 Å². The fraction of sp³-hybridized carbons (Fsp3) is 0.968. The third-order valence-corrected chi connectivity index (χ3v) is 15.4. The van der Waals surface area contributed by atoms with Gasteiger partial charge in [0.25, 0.3) is 0 Å². The smallest absolute Gasteiger partial charge is 0.309 e. The Kier molecular flexibility index (Phi) is 5.25. The molecular weight excluding hydrogens is 468 g/mol. The summed E-state index contributed by atoms with van der Waals surface area (Å²) in [5.74, 6) is -1.46. The minimum Gasteiger partial charge on any atom is -0.481 e. The lowest BCUT2D eigenvalue weighted by molar-refractivity contribution is -0.332. The molecule has 37 heavy (non-hydrogen) atoms. The molecule has 6 rings (SSSR count). The normalized spacial score (nSPS) is 62.6. The fourth-order valence-corrected chi connectivity index (χ4v) is 12.6. The lowest BCUT2D eigenvalue weighted by Crippen LogP contribution is -2.76. The van der Waals surface area contributed by atoms with Crippen molar-refractivity contribution >= 4 is 5.97 Å². The first-order valence-electron chi connectivity index (χ1n) is 14.9. The van der Waals surface area contributed by atoms with Gasteiger partial charge in [0.05, 0.1) is 24.7 Å². The highest BCUT2D eigenvalue weighted by molar-refractivity contribution is 5.74. The van der Waals surface area contributed by atoms with Crippen LogP contribution in [0, 0.1) is 55.7 Å². The van der Waals surface area contributed by atoms with Crippen molar-refractivity contribution in [3.8, 4) is 0 Å². The number of hydrogen-bond donors (Lipinski definition) is 4. The van der Waals surface area contributed by atoms with Gasteiger partial charge in [0, 0.05) is 23.2 Å². The molecule has 1 heterocycles. The van der Waals surface area contributed by atoms with Crippen LogP contribution in [0.5, 0.6) is 0 Å². The second-order valence-electron chi connectivity index (χ2n) is 16.0. The maximum absolute atomic E-state index is 12.4. The Balaban J connectivity index is 1.46. The molecule has 12 atom stereocenters. The van der Waals surface area contributed by atoms with Crippen LogP contribution in [-0.2, 0) is 9.53 Å². The number of aliphatic hydroxyl groups excluding tert-OH is 2. The average Bonchev–Trinajstić information content (AvgIpc) is 3.01. The van der Waals surface area contributed by atoms with Crippen molar-refractivity contribution in [1.29, 1.82) is 0 Å². The number of hydrogen-bond acceptors (Lipinski definition) is 5. The minimum absolute atomic E-state index is 0.000599. The molecule has 0 radical (unpaired) electrons. The Morgan fingerprint density at radius 3 is 2.11 bits per heavy atom. The Hall–Kier alpha value is -0.690. The van der Waals surface area contributed by atoms with Gasteiger partial charge in [-0.3, -0.25) is 4.79 Å². The molecule has 1 aliphatic heterocycles. The van der Waals surface area contributed by atoms with Gasteiger partial charge in [0.1, 0.15) is 0 Å². The summed E-state index contributed by atoms with van der Waals surface area (Å²) in [6.07, 6.45) is 7.77. The quantitative estimate of drug-likeness (QED) is 0.411. The Morgan fingerprint density at radius 2 is 1.46 bits per heavy atom. The summed E-state index contributed by atoms with van der Waals surface area (Å²) in [6, 6.07) is 0. The summed E-state index contributed by atoms with van der Waals surface area (Å²) in [4.78, 5) is 12.4. The van der Waals surface area contributed by atoms with E-state index in [-0.39, 0.29) is 40.6 Å². The van der Waals surface area contributed by atoms with Gasteiger partial charge in [-0.25, -0.2) is 0 Å². The van der Waals surface area contributed by atoms with Crippen LogP contribution in [-0.4, -0.2) is 51.5 Å². The van der Waals surface area contributed by atoms with Gasteiger partial charge in [-0.2, -0.15) is 0 Å². The molecule has 210 valence electrons. The molecule has 4 N–H and O–H groups in total. The van der Waals surface area contributed by atoms with Crippen LogP contribution in [0.3, 0.4) is 0 Å². The minimum atomic E-state index is -1.32. The van der Waals surface area contributed by atoms with E-state index in [9.17, 15) is 25.2 Å². The van der Waals surface area contributed by atoms with E-state index in [0.29, 0.717) is 18.4 Å². The molecule has 0 amide bonds. The summed E-state index contributed by atoms with van der Waals surface area (Å²) < 4.78 is 6.07. The summed E-state index contributed by atoms with van der Waals surface area (Å²) in [7, 11) is 0. The molecule has 6 nitrogen and oxygen atoms in total. The predicted octanol–water partition coefficient (Wildman–Crippen LogP) is 4.98. The first-order valence-corrected chi connectivity index (χ1v) is 14.9. The SMILES string of the molecule is C[C@@H]1[C@@]23CC[C@H]4[C@@](C)(CC[C@@]5(C)[C@@H]6C[C@](C)(C(=O)O)CC[C@]6(C)CC[C@]45C)[C@]2(CO)[C@@H](O)C[C@]1(O)OC3. The van der Waals surface area contributed by atoms with Crippen LogP contribution in [0.15, 0.2) is 0 Å². The number of ether oxygens (including phenoxy) is 1. The molecule has 1 saturated heterocycles. The van der Waals surface area contributed by atoms with Gasteiger partial charge in [-0.05, 0) is 98.2 Å². The van der Waals surface area contributed by atoms with E-state index in [0.717, 1.165) is 57.8 Å². The van der Waals surface area contributed by atoms with Gasteiger partial charge in [-0.1, -0.05) is 34.6 Å². The molecule has 1 spiro atoms. The van der Waals surface area contributed by atoms with Crippen LogP contribution in [0.4, 0.5) is 0 Å². The van der Waals surface area contributed by atoms with E-state index < -0.39 is 34.1 Å². The van der Waals surface area contributed by atoms with Crippen LogP contribution < -0.4 is 0 Å². The molecule has 6 aliphatic rings. The summed E-state index contributed by atoms with van der Waals surface area (Å²) >= 11 is 0. The molecule has 0 aromatic rings. The second kappa shape index (κ2) is 7.33. The van der Waals surface area contributed by atoms with E-state index >= 15 is 0 Å². The van der Waals surface area contributed by atoms with E-state index in [1.54, 1.807) is 0 Å². The standard InChI is InChI=1S/C31H50O6/c1-19-29-8-7-20-26(4)12-11-24(2)9-10-25(3,23(34)35)15-21(24)27(26,5)13-14-28(20,6)30(29,17-32)22(33)16-31(19,36)37-18-29/h19-22,32-33,36H,7-18H2,1-6H3,(H,34,35)/t19-,20-,21-,22+,24-,25-,26-,27+,28-,29+,30+,31+/m1/s1. The van der Waals surface area contributed by atoms with E-state index in [4.69, 9.17) is 4.74 Å². The van der Waals surface area contributed by atoms with E-state index in [1.165, 1.54) is 0 Å². The van der Waals surface area contributed by atoms with Crippen molar-refractivity contribution in [3.05, 3.63) is 0 Å². The Bertz CT molecular complexity index is 1020. The van der Waals surface area contributed by atoms with Crippen molar-refractivity contribution in [2.45, 2.75) is 118 Å². The summed E-state index contributed by atoms with van der Waals surface area (Å²) in [5.41, 5.74) is -1.99. The van der Waals surface area contributed by atoms with Crippen molar-refractivity contribution in [1.82, 2.24) is 0 Å². The number of carboxylic acids is 1. The molecule has 6 heteroatoms. The van der Waals surface area contributed by atoms with Gasteiger partial charge in [0.2, 0.25) is 0 Å². The molecule has 2 bridgehead atoms. The lowest BCUT2D eigenvalue weighted by atomic mass is 9.27. The summed E-state index contributed by atoms with van der Waals surface area (Å²) in [6.45, 7) is 14.1. The highest BCUT2D eigenvalue weighted by atomic mass is 16.6.